The Kier molecular flexibility index (Phi) is 3.53. The van der Waals surface area contributed by atoms with E-state index >= 15 is 0 Å². The Balaban J connectivity index is 1.53. The van der Waals surface area contributed by atoms with Crippen LogP contribution < -0.4 is 10.9 Å². The van der Waals surface area contributed by atoms with Crippen molar-refractivity contribution in [3.8, 4) is 0 Å². The van der Waals surface area contributed by atoms with Crippen LogP contribution in [0.5, 0.6) is 0 Å². The van der Waals surface area contributed by atoms with Gasteiger partial charge in [-0.05, 0) is 0 Å². The van der Waals surface area contributed by atoms with E-state index in [-0.39, 0.29) is 6.17 Å². The molecule has 0 spiro atoms. The normalized spacial score (nSPS) is 20.0. The van der Waals surface area contributed by atoms with Crippen LogP contribution >= 0.6 is 34.5 Å². The van der Waals surface area contributed by atoms with E-state index in [4.69, 9.17) is 23.2 Å². The molecule has 2 aliphatic rings. The highest BCUT2D eigenvalue weighted by atomic mass is 35.5. The molecule has 2 aliphatic heterocycles. The molecule has 2 aromatic rings. The first-order valence-electron chi connectivity index (χ1n) is 6.53. The smallest absolute Gasteiger partial charge is 0.166 e. The Hall–Kier alpha value is -1.61. The van der Waals surface area contributed by atoms with Gasteiger partial charge >= 0.3 is 0 Å². The minimum atomic E-state index is -0.00940. The van der Waals surface area contributed by atoms with Crippen LogP contribution in [0.3, 0.4) is 0 Å². The van der Waals surface area contributed by atoms with E-state index in [0.717, 1.165) is 23.1 Å². The molecule has 1 saturated heterocycles. The number of imidazole rings is 1. The molecule has 0 amide bonds. The van der Waals surface area contributed by atoms with E-state index in [1.54, 1.807) is 28.4 Å². The second-order valence-electron chi connectivity index (χ2n) is 4.79. The summed E-state index contributed by atoms with van der Waals surface area (Å²) in [5, 5.41) is 3.71. The quantitative estimate of drug-likeness (QED) is 0.880. The lowest BCUT2D eigenvalue weighted by Gasteiger charge is -2.23. The number of hydrazine groups is 1. The Morgan fingerprint density at radius 2 is 2.32 bits per heavy atom. The largest absolute Gasteiger partial charge is 0.328 e. The van der Waals surface area contributed by atoms with Crippen molar-refractivity contribution in [2.75, 3.05) is 6.54 Å². The lowest BCUT2D eigenvalue weighted by molar-refractivity contribution is 0.308. The molecule has 0 radical (unpaired) electrons. The molecule has 2 aromatic heterocycles. The van der Waals surface area contributed by atoms with E-state index in [0.29, 0.717) is 16.9 Å². The molecule has 1 atom stereocenters. The summed E-state index contributed by atoms with van der Waals surface area (Å²) in [4.78, 5) is 14.9. The van der Waals surface area contributed by atoms with Crippen LogP contribution in [0.25, 0.3) is 0 Å². The second-order valence-corrected chi connectivity index (χ2v) is 6.45. The van der Waals surface area contributed by atoms with Gasteiger partial charge in [0.1, 0.15) is 22.1 Å². The average Bonchev–Trinajstić information content (AvgIpc) is 3.22. The molecule has 7 nitrogen and oxygen atoms in total. The van der Waals surface area contributed by atoms with E-state index in [1.807, 2.05) is 11.6 Å². The molecule has 22 heavy (non-hydrogen) atoms. The summed E-state index contributed by atoms with van der Waals surface area (Å²) in [5.74, 6) is 0.950. The number of thiazole rings is 1. The van der Waals surface area contributed by atoms with Crippen LogP contribution in [0.4, 0.5) is 0 Å². The van der Waals surface area contributed by atoms with Gasteiger partial charge in [0.15, 0.2) is 5.15 Å². The van der Waals surface area contributed by atoms with Gasteiger partial charge in [-0.25, -0.2) is 15.4 Å². The summed E-state index contributed by atoms with van der Waals surface area (Å²) in [6.45, 7) is 1.29. The lowest BCUT2D eigenvalue weighted by Crippen LogP contribution is -2.30. The number of aromatic nitrogens is 3. The van der Waals surface area contributed by atoms with Crippen molar-refractivity contribution < 1.29 is 0 Å². The van der Waals surface area contributed by atoms with E-state index in [2.05, 4.69) is 30.7 Å². The zero-order valence-corrected chi connectivity index (χ0v) is 13.5. The number of aliphatic imine (C=N–C) groups is 1. The van der Waals surface area contributed by atoms with Gasteiger partial charge in [-0.3, -0.25) is 4.99 Å². The van der Waals surface area contributed by atoms with Crippen LogP contribution in [0, 0.1) is 0 Å². The third-order valence-electron chi connectivity index (χ3n) is 3.43. The van der Waals surface area contributed by atoms with Crippen molar-refractivity contribution in [1.29, 1.82) is 0 Å². The fraction of sp³-hybridized carbons (Fsp3) is 0.250. The van der Waals surface area contributed by atoms with E-state index < -0.39 is 0 Å². The van der Waals surface area contributed by atoms with Gasteiger partial charge in [0.25, 0.3) is 0 Å². The first-order valence-corrected chi connectivity index (χ1v) is 8.16. The molecule has 4 rings (SSSR count). The number of fused-ring (bicyclic) bond motifs is 1. The fourth-order valence-corrected chi connectivity index (χ4v) is 3.47. The van der Waals surface area contributed by atoms with Crippen molar-refractivity contribution in [1.82, 2.24) is 30.3 Å². The molecule has 0 aromatic carbocycles. The number of nitrogens with one attached hydrogen (secondary N) is 2. The maximum atomic E-state index is 6.08. The van der Waals surface area contributed by atoms with Gasteiger partial charge in [0, 0.05) is 11.6 Å². The number of hydrogen-bond donors (Lipinski definition) is 2. The first kappa shape index (κ1) is 14.0. The van der Waals surface area contributed by atoms with Gasteiger partial charge in [-0.15, -0.1) is 11.3 Å². The Morgan fingerprint density at radius 1 is 1.41 bits per heavy atom. The van der Waals surface area contributed by atoms with Crippen LogP contribution in [0.1, 0.15) is 16.9 Å². The van der Waals surface area contributed by atoms with Crippen LogP contribution in [0.2, 0.25) is 10.3 Å². The number of halogens is 2. The number of rotatable bonds is 3. The third kappa shape index (κ3) is 2.38. The van der Waals surface area contributed by atoms with Crippen LogP contribution in [0.15, 0.2) is 28.7 Å². The highest BCUT2D eigenvalue weighted by molar-refractivity contribution is 7.09. The highest BCUT2D eigenvalue weighted by Crippen LogP contribution is 2.28. The Morgan fingerprint density at radius 3 is 3.14 bits per heavy atom. The van der Waals surface area contributed by atoms with E-state index in [1.165, 1.54) is 0 Å². The van der Waals surface area contributed by atoms with E-state index in [9.17, 15) is 0 Å². The molecule has 114 valence electrons. The third-order valence-corrected chi connectivity index (χ3v) is 5.05. The summed E-state index contributed by atoms with van der Waals surface area (Å²) in [7, 11) is 0. The van der Waals surface area contributed by atoms with Gasteiger partial charge in [0.2, 0.25) is 0 Å². The predicted octanol–water partition coefficient (Wildman–Crippen LogP) is 1.99. The topological polar surface area (TPSA) is 70.4 Å². The summed E-state index contributed by atoms with van der Waals surface area (Å²) in [5.41, 5.74) is 7.28. The monoisotopic (exact) mass is 355 g/mol. The molecule has 10 heteroatoms. The molecule has 2 N–H and O–H groups in total. The summed E-state index contributed by atoms with van der Waals surface area (Å²) < 4.78 is 1.77. The maximum Gasteiger partial charge on any atom is 0.166 e. The predicted molar refractivity (Wildman–Crippen MR) is 85.8 cm³/mol. The first-order chi connectivity index (χ1) is 10.7. The maximum absolute atomic E-state index is 6.08. The summed E-state index contributed by atoms with van der Waals surface area (Å²) >= 11 is 13.5. The van der Waals surface area contributed by atoms with Gasteiger partial charge < -0.3 is 14.9 Å². The lowest BCUT2D eigenvalue weighted by atomic mass is 10.3. The molecule has 0 saturated carbocycles. The van der Waals surface area contributed by atoms with Crippen molar-refractivity contribution >= 4 is 40.8 Å². The van der Waals surface area contributed by atoms with Crippen LogP contribution in [-0.4, -0.2) is 32.2 Å². The van der Waals surface area contributed by atoms with Gasteiger partial charge in [-0.1, -0.05) is 23.2 Å². The van der Waals surface area contributed by atoms with Crippen LogP contribution in [-0.2, 0) is 6.54 Å². The zero-order chi connectivity index (χ0) is 15.1. The van der Waals surface area contributed by atoms with Gasteiger partial charge in [0.05, 0.1) is 31.3 Å². The Bertz CT molecular complexity index is 765. The molecular weight excluding hydrogens is 345 g/mol. The SMILES string of the molecule is Clc1ncn(Cc2nc(C3NNC4=CN=CCN43)cs2)c1Cl. The molecule has 1 fully saturated rings. The van der Waals surface area contributed by atoms with Crippen molar-refractivity contribution in [3.63, 3.8) is 0 Å². The summed E-state index contributed by atoms with van der Waals surface area (Å²) in [6, 6.07) is 0. The standard InChI is InChI=1S/C12H11Cl2N7S/c13-10-11(14)20(6-16-10)4-9-17-7(5-22-9)12-19-18-8-3-15-1-2-21(8)12/h1,3,5-6,12,18-19H,2,4H2. The van der Waals surface area contributed by atoms with Crippen molar-refractivity contribution in [2.45, 2.75) is 12.7 Å². The molecular formula is C12H11Cl2N7S. The summed E-state index contributed by atoms with van der Waals surface area (Å²) in [6.07, 6.45) is 5.26. The second kappa shape index (κ2) is 5.54. The number of hydrogen-bond acceptors (Lipinski definition) is 7. The molecule has 0 bridgehead atoms. The minimum absolute atomic E-state index is 0.00940. The Labute approximate surface area is 140 Å². The molecule has 4 heterocycles. The van der Waals surface area contributed by atoms with Crippen molar-refractivity contribution in [3.05, 3.63) is 44.7 Å². The number of nitrogens with zero attached hydrogens (tertiary/aromatic N) is 5. The zero-order valence-electron chi connectivity index (χ0n) is 11.2. The average molecular weight is 356 g/mol. The fourth-order valence-electron chi connectivity index (χ4n) is 2.36. The minimum Gasteiger partial charge on any atom is -0.328 e. The molecule has 0 aliphatic carbocycles. The highest BCUT2D eigenvalue weighted by Gasteiger charge is 2.31. The van der Waals surface area contributed by atoms with Gasteiger partial charge in [-0.2, -0.15) is 0 Å². The molecule has 1 unspecified atom stereocenters. The van der Waals surface area contributed by atoms with Crippen molar-refractivity contribution in [2.24, 2.45) is 4.99 Å².